The SMILES string of the molecule is CCCOC(C)OC(C(F)(F)F)(C12CC3CC(CC(C(CC)CCC)(C3)C1)C2)C(F)(F)C(F)(F)C(F)(F)C(F)(F)F. The summed E-state index contributed by atoms with van der Waals surface area (Å²) >= 11 is 0. The molecule has 0 amide bonds. The van der Waals surface area contributed by atoms with Crippen LogP contribution in [-0.4, -0.2) is 48.6 Å². The van der Waals surface area contributed by atoms with Crippen molar-refractivity contribution < 1.29 is 62.2 Å². The highest BCUT2D eigenvalue weighted by atomic mass is 19.4. The summed E-state index contributed by atoms with van der Waals surface area (Å²) in [6.07, 6.45) is -15.6. The van der Waals surface area contributed by atoms with Gasteiger partial charge >= 0.3 is 30.1 Å². The van der Waals surface area contributed by atoms with E-state index in [-0.39, 0.29) is 18.9 Å². The van der Waals surface area contributed by atoms with Gasteiger partial charge in [0.05, 0.1) is 0 Å². The molecule has 4 aliphatic carbocycles. The van der Waals surface area contributed by atoms with Crippen LogP contribution in [0.2, 0.25) is 0 Å². The van der Waals surface area contributed by atoms with Gasteiger partial charge in [0.1, 0.15) is 0 Å². The number of rotatable bonds is 13. The zero-order chi connectivity index (χ0) is 31.5. The highest BCUT2D eigenvalue weighted by Gasteiger charge is 2.94. The molecule has 0 aromatic carbocycles. The topological polar surface area (TPSA) is 18.5 Å². The van der Waals surface area contributed by atoms with Crippen LogP contribution >= 0.6 is 0 Å². The maximum Gasteiger partial charge on any atom is 0.460 e. The molecular formula is C27H38F12O2. The average Bonchev–Trinajstić information content (AvgIpc) is 2.81. The van der Waals surface area contributed by atoms with Gasteiger partial charge in [-0.3, -0.25) is 0 Å². The van der Waals surface area contributed by atoms with Crippen molar-refractivity contribution in [2.24, 2.45) is 28.6 Å². The fourth-order valence-electron chi connectivity index (χ4n) is 8.76. The van der Waals surface area contributed by atoms with Crippen molar-refractivity contribution in [2.45, 2.75) is 134 Å². The first kappa shape index (κ1) is 34.6. The molecule has 4 aliphatic rings. The van der Waals surface area contributed by atoms with E-state index >= 15 is 30.7 Å². The lowest BCUT2D eigenvalue weighted by Crippen LogP contribution is -2.81. The third-order valence-corrected chi connectivity index (χ3v) is 9.73. The fraction of sp³-hybridized carbons (Fsp3) is 1.00. The lowest BCUT2D eigenvalue weighted by atomic mass is 9.37. The summed E-state index contributed by atoms with van der Waals surface area (Å²) in [6, 6.07) is 0. The molecule has 0 heterocycles. The molecule has 0 N–H and O–H groups in total. The predicted octanol–water partition coefficient (Wildman–Crippen LogP) is 9.96. The monoisotopic (exact) mass is 622 g/mol. The molecule has 5 atom stereocenters. The van der Waals surface area contributed by atoms with Crippen molar-refractivity contribution in [1.82, 2.24) is 0 Å². The zero-order valence-corrected chi connectivity index (χ0v) is 23.4. The molecule has 41 heavy (non-hydrogen) atoms. The van der Waals surface area contributed by atoms with Crippen LogP contribution < -0.4 is 0 Å². The molecule has 4 saturated carbocycles. The minimum absolute atomic E-state index is 0.138. The van der Waals surface area contributed by atoms with Crippen LogP contribution in [0.4, 0.5) is 52.7 Å². The van der Waals surface area contributed by atoms with Crippen molar-refractivity contribution >= 4 is 0 Å². The number of alkyl halides is 12. The Labute approximate surface area is 231 Å². The van der Waals surface area contributed by atoms with Gasteiger partial charge in [-0.1, -0.05) is 40.0 Å². The van der Waals surface area contributed by atoms with E-state index in [1.54, 1.807) is 6.92 Å². The van der Waals surface area contributed by atoms with Gasteiger partial charge in [0.25, 0.3) is 0 Å². The van der Waals surface area contributed by atoms with Crippen LogP contribution in [0.5, 0.6) is 0 Å². The van der Waals surface area contributed by atoms with Gasteiger partial charge in [-0.15, -0.1) is 0 Å². The smallest absolute Gasteiger partial charge is 0.353 e. The van der Waals surface area contributed by atoms with Gasteiger partial charge in [-0.05, 0) is 75.0 Å². The normalized spacial score (nSPS) is 32.2. The maximum atomic E-state index is 16.2. The molecule has 0 radical (unpaired) electrons. The van der Waals surface area contributed by atoms with Crippen LogP contribution in [0.25, 0.3) is 0 Å². The highest BCUT2D eigenvalue weighted by Crippen LogP contribution is 2.76. The standard InChI is InChI=1S/C27H38F12O2/c1-5-8-19(7-3)20-11-17-10-18(12-20)14-21(13-17,15-20)22(26(34,35)36,41-16(4)40-9-6-2)23(28,29)24(30,31)25(32,33)27(37,38)39/h16-19H,5-15H2,1-4H3. The molecule has 0 aromatic rings. The molecule has 4 bridgehead atoms. The average molecular weight is 623 g/mol. The highest BCUT2D eigenvalue weighted by molar-refractivity contribution is 5.25. The second-order valence-electron chi connectivity index (χ2n) is 12.5. The summed E-state index contributed by atoms with van der Waals surface area (Å²) in [5.41, 5.74) is -9.33. The van der Waals surface area contributed by atoms with Crippen LogP contribution in [-0.2, 0) is 9.47 Å². The molecule has 4 rings (SSSR count). The minimum Gasteiger partial charge on any atom is -0.353 e. The maximum absolute atomic E-state index is 16.2. The van der Waals surface area contributed by atoms with E-state index in [0.717, 1.165) is 0 Å². The van der Waals surface area contributed by atoms with Crippen molar-refractivity contribution in [2.75, 3.05) is 6.61 Å². The lowest BCUT2D eigenvalue weighted by molar-refractivity contribution is -0.484. The van der Waals surface area contributed by atoms with Gasteiger partial charge in [-0.2, -0.15) is 52.7 Å². The molecule has 0 spiro atoms. The minimum atomic E-state index is -7.53. The van der Waals surface area contributed by atoms with Gasteiger partial charge < -0.3 is 9.47 Å². The number of ether oxygens (including phenoxy) is 2. The Bertz CT molecular complexity index is 901. The van der Waals surface area contributed by atoms with Gasteiger partial charge in [0.2, 0.25) is 5.60 Å². The number of hydrogen-bond donors (Lipinski definition) is 0. The predicted molar refractivity (Wildman–Crippen MR) is 125 cm³/mol. The van der Waals surface area contributed by atoms with Crippen molar-refractivity contribution in [3.63, 3.8) is 0 Å². The Morgan fingerprint density at radius 2 is 1.24 bits per heavy atom. The van der Waals surface area contributed by atoms with Crippen LogP contribution in [0.3, 0.4) is 0 Å². The Morgan fingerprint density at radius 3 is 1.66 bits per heavy atom. The summed E-state index contributed by atoms with van der Waals surface area (Å²) in [6.45, 7) is 5.44. The molecule has 4 fully saturated rings. The van der Waals surface area contributed by atoms with Crippen molar-refractivity contribution in [3.05, 3.63) is 0 Å². The zero-order valence-electron chi connectivity index (χ0n) is 23.4. The Hall–Kier alpha value is -0.920. The molecule has 5 unspecified atom stereocenters. The van der Waals surface area contributed by atoms with Crippen molar-refractivity contribution in [3.8, 4) is 0 Å². The Balaban J connectivity index is 2.36. The molecule has 14 heteroatoms. The van der Waals surface area contributed by atoms with E-state index in [4.69, 9.17) is 9.47 Å². The molecule has 2 nitrogen and oxygen atoms in total. The van der Waals surface area contributed by atoms with Gasteiger partial charge in [0, 0.05) is 12.0 Å². The lowest BCUT2D eigenvalue weighted by Gasteiger charge is -2.69. The third kappa shape index (κ3) is 5.06. The van der Waals surface area contributed by atoms with E-state index < -0.39 is 83.9 Å². The van der Waals surface area contributed by atoms with E-state index in [0.29, 0.717) is 45.4 Å². The molecule has 242 valence electrons. The Kier molecular flexibility index (Phi) is 9.20. The third-order valence-electron chi connectivity index (χ3n) is 9.73. The summed E-state index contributed by atoms with van der Waals surface area (Å²) in [7, 11) is 0. The second kappa shape index (κ2) is 10.9. The summed E-state index contributed by atoms with van der Waals surface area (Å²) in [4.78, 5) is 0. The summed E-state index contributed by atoms with van der Waals surface area (Å²) < 4.78 is 186. The van der Waals surface area contributed by atoms with Crippen LogP contribution in [0.1, 0.15) is 91.9 Å². The largest absolute Gasteiger partial charge is 0.460 e. The molecule has 0 aliphatic heterocycles. The molecular weight excluding hydrogens is 584 g/mol. The van der Waals surface area contributed by atoms with Crippen molar-refractivity contribution in [1.29, 1.82) is 0 Å². The van der Waals surface area contributed by atoms with Crippen LogP contribution in [0.15, 0.2) is 0 Å². The Morgan fingerprint density at radius 1 is 0.707 bits per heavy atom. The van der Waals surface area contributed by atoms with E-state index in [9.17, 15) is 22.0 Å². The van der Waals surface area contributed by atoms with Gasteiger partial charge in [0.15, 0.2) is 6.29 Å². The first-order valence-corrected chi connectivity index (χ1v) is 14.1. The summed E-state index contributed by atoms with van der Waals surface area (Å²) in [5, 5.41) is 0. The fourth-order valence-corrected chi connectivity index (χ4v) is 8.76. The molecule has 0 saturated heterocycles. The van der Waals surface area contributed by atoms with E-state index in [2.05, 4.69) is 0 Å². The number of halogens is 12. The van der Waals surface area contributed by atoms with E-state index in [1.165, 1.54) is 6.92 Å². The van der Waals surface area contributed by atoms with Gasteiger partial charge in [-0.25, -0.2) is 0 Å². The second-order valence-corrected chi connectivity index (χ2v) is 12.5. The first-order chi connectivity index (χ1) is 18.5. The summed E-state index contributed by atoms with van der Waals surface area (Å²) in [5.74, 6) is -23.7. The quantitative estimate of drug-likeness (QED) is 0.150. The molecule has 0 aromatic heterocycles. The number of hydrogen-bond acceptors (Lipinski definition) is 2. The van der Waals surface area contributed by atoms with E-state index in [1.807, 2.05) is 6.92 Å². The van der Waals surface area contributed by atoms with Crippen LogP contribution in [0, 0.1) is 28.6 Å². The first-order valence-electron chi connectivity index (χ1n) is 14.1.